The normalized spacial score (nSPS) is 16.3. The van der Waals surface area contributed by atoms with Gasteiger partial charge in [-0.25, -0.2) is 9.18 Å². The van der Waals surface area contributed by atoms with Gasteiger partial charge in [0.1, 0.15) is 11.6 Å². The van der Waals surface area contributed by atoms with E-state index in [-0.39, 0.29) is 17.9 Å². The standard InChI is InChI=1S/C24H32FN3O2/c1-18(2)17-30-23-11-7-19(8-12-23)14-27-24(29)28(22-4-3-13-26-15-22)16-20-5-9-21(25)10-6-20/h5-12,18,22,26H,3-4,13-17H2,1-2H3,(H,27,29)/t22-/m1/s1. The molecule has 3 rings (SSSR count). The summed E-state index contributed by atoms with van der Waals surface area (Å²) in [5.74, 6) is 1.05. The molecular formula is C24H32FN3O2. The van der Waals surface area contributed by atoms with Gasteiger partial charge in [-0.1, -0.05) is 38.1 Å². The summed E-state index contributed by atoms with van der Waals surface area (Å²) >= 11 is 0. The minimum atomic E-state index is -0.269. The maximum Gasteiger partial charge on any atom is 0.318 e. The van der Waals surface area contributed by atoms with E-state index >= 15 is 0 Å². The van der Waals surface area contributed by atoms with Gasteiger partial charge in [0, 0.05) is 25.7 Å². The van der Waals surface area contributed by atoms with Gasteiger partial charge in [0.05, 0.1) is 6.61 Å². The lowest BCUT2D eigenvalue weighted by Gasteiger charge is -2.35. The minimum Gasteiger partial charge on any atom is -0.493 e. The smallest absolute Gasteiger partial charge is 0.318 e. The number of hydrogen-bond acceptors (Lipinski definition) is 3. The van der Waals surface area contributed by atoms with Gasteiger partial charge < -0.3 is 20.3 Å². The van der Waals surface area contributed by atoms with Crippen molar-refractivity contribution in [3.05, 3.63) is 65.5 Å². The number of piperidine rings is 1. The van der Waals surface area contributed by atoms with Gasteiger partial charge in [-0.3, -0.25) is 0 Å². The average Bonchev–Trinajstić information content (AvgIpc) is 2.77. The van der Waals surface area contributed by atoms with Crippen molar-refractivity contribution in [3.8, 4) is 5.75 Å². The maximum absolute atomic E-state index is 13.3. The third-order valence-electron chi connectivity index (χ3n) is 5.19. The van der Waals surface area contributed by atoms with E-state index in [1.54, 1.807) is 12.1 Å². The van der Waals surface area contributed by atoms with E-state index in [1.807, 2.05) is 29.2 Å². The lowest BCUT2D eigenvalue weighted by Crippen LogP contribution is -2.51. The summed E-state index contributed by atoms with van der Waals surface area (Å²) in [4.78, 5) is 14.9. The highest BCUT2D eigenvalue weighted by Crippen LogP contribution is 2.17. The van der Waals surface area contributed by atoms with Crippen LogP contribution < -0.4 is 15.4 Å². The summed E-state index contributed by atoms with van der Waals surface area (Å²) in [6.45, 7) is 7.57. The van der Waals surface area contributed by atoms with Crippen molar-refractivity contribution >= 4 is 6.03 Å². The maximum atomic E-state index is 13.3. The molecule has 0 unspecified atom stereocenters. The van der Waals surface area contributed by atoms with Crippen molar-refractivity contribution in [2.45, 2.75) is 45.8 Å². The van der Waals surface area contributed by atoms with E-state index in [0.29, 0.717) is 25.6 Å². The lowest BCUT2D eigenvalue weighted by atomic mass is 10.1. The quantitative estimate of drug-likeness (QED) is 0.678. The van der Waals surface area contributed by atoms with Crippen molar-refractivity contribution in [1.29, 1.82) is 0 Å². The molecule has 1 atom stereocenters. The Kier molecular flexibility index (Phi) is 8.08. The molecule has 0 radical (unpaired) electrons. The third kappa shape index (κ3) is 6.73. The largest absolute Gasteiger partial charge is 0.493 e. The molecule has 1 aliphatic rings. The first-order chi connectivity index (χ1) is 14.5. The number of benzene rings is 2. The number of carbonyl (C=O) groups is 1. The molecule has 1 aliphatic heterocycles. The molecule has 1 heterocycles. The zero-order valence-electron chi connectivity index (χ0n) is 17.9. The summed E-state index contributed by atoms with van der Waals surface area (Å²) in [6.07, 6.45) is 2.00. The number of hydrogen-bond donors (Lipinski definition) is 2. The lowest BCUT2D eigenvalue weighted by molar-refractivity contribution is 0.156. The van der Waals surface area contributed by atoms with Gasteiger partial charge in [0.15, 0.2) is 0 Å². The second kappa shape index (κ2) is 11.0. The summed E-state index contributed by atoms with van der Waals surface area (Å²) in [7, 11) is 0. The predicted molar refractivity (Wildman–Crippen MR) is 117 cm³/mol. The Morgan fingerprint density at radius 2 is 1.87 bits per heavy atom. The van der Waals surface area contributed by atoms with Gasteiger partial charge in [-0.15, -0.1) is 0 Å². The molecule has 0 bridgehead atoms. The first-order valence-electron chi connectivity index (χ1n) is 10.7. The van der Waals surface area contributed by atoms with Crippen LogP contribution in [0.1, 0.15) is 37.8 Å². The van der Waals surface area contributed by atoms with Crippen molar-refractivity contribution in [3.63, 3.8) is 0 Å². The van der Waals surface area contributed by atoms with Crippen LogP contribution in [0.4, 0.5) is 9.18 Å². The molecule has 6 heteroatoms. The van der Waals surface area contributed by atoms with Crippen molar-refractivity contribution < 1.29 is 13.9 Å². The summed E-state index contributed by atoms with van der Waals surface area (Å²) < 4.78 is 19.0. The molecule has 5 nitrogen and oxygen atoms in total. The van der Waals surface area contributed by atoms with Crippen LogP contribution in [0.2, 0.25) is 0 Å². The van der Waals surface area contributed by atoms with Crippen molar-refractivity contribution in [2.75, 3.05) is 19.7 Å². The number of rotatable bonds is 8. The average molecular weight is 414 g/mol. The number of halogens is 1. The molecule has 2 amide bonds. The molecule has 0 spiro atoms. The molecule has 2 aromatic rings. The monoisotopic (exact) mass is 413 g/mol. The highest BCUT2D eigenvalue weighted by molar-refractivity contribution is 5.74. The molecular weight excluding hydrogens is 381 g/mol. The van der Waals surface area contributed by atoms with Crippen LogP contribution in [-0.2, 0) is 13.1 Å². The Bertz CT molecular complexity index is 787. The molecule has 2 aromatic carbocycles. The Balaban J connectivity index is 1.60. The zero-order valence-corrected chi connectivity index (χ0v) is 17.9. The highest BCUT2D eigenvalue weighted by atomic mass is 19.1. The van der Waals surface area contributed by atoms with Gasteiger partial charge in [0.2, 0.25) is 0 Å². The first-order valence-corrected chi connectivity index (χ1v) is 10.7. The van der Waals surface area contributed by atoms with Crippen molar-refractivity contribution in [2.24, 2.45) is 5.92 Å². The molecule has 1 saturated heterocycles. The Morgan fingerprint density at radius 1 is 1.17 bits per heavy atom. The summed E-state index contributed by atoms with van der Waals surface area (Å²) in [6, 6.07) is 14.2. The van der Waals surface area contributed by atoms with Crippen LogP contribution in [0.3, 0.4) is 0 Å². The van der Waals surface area contributed by atoms with Crippen molar-refractivity contribution in [1.82, 2.24) is 15.5 Å². The van der Waals surface area contributed by atoms with Crippen LogP contribution in [0.15, 0.2) is 48.5 Å². The van der Waals surface area contributed by atoms with E-state index in [4.69, 9.17) is 4.74 Å². The fourth-order valence-electron chi connectivity index (χ4n) is 3.50. The van der Waals surface area contributed by atoms with Gasteiger partial charge >= 0.3 is 6.03 Å². The summed E-state index contributed by atoms with van der Waals surface area (Å²) in [5.41, 5.74) is 1.94. The van der Waals surface area contributed by atoms with Gasteiger partial charge in [0.25, 0.3) is 0 Å². The number of carbonyl (C=O) groups excluding carboxylic acids is 1. The molecule has 162 valence electrons. The molecule has 0 aliphatic carbocycles. The van der Waals surface area contributed by atoms with Crippen LogP contribution in [0.5, 0.6) is 5.75 Å². The number of nitrogens with one attached hydrogen (secondary N) is 2. The number of nitrogens with zero attached hydrogens (tertiary/aromatic N) is 1. The van der Waals surface area contributed by atoms with E-state index in [2.05, 4.69) is 24.5 Å². The summed E-state index contributed by atoms with van der Waals surface area (Å²) in [5, 5.41) is 6.41. The molecule has 2 N–H and O–H groups in total. The van der Waals surface area contributed by atoms with E-state index in [9.17, 15) is 9.18 Å². The minimum absolute atomic E-state index is 0.104. The second-order valence-electron chi connectivity index (χ2n) is 8.26. The third-order valence-corrected chi connectivity index (χ3v) is 5.19. The highest BCUT2D eigenvalue weighted by Gasteiger charge is 2.25. The van der Waals surface area contributed by atoms with Crippen LogP contribution >= 0.6 is 0 Å². The molecule has 1 fully saturated rings. The van der Waals surface area contributed by atoms with Gasteiger partial charge in [-0.05, 0) is 60.7 Å². The van der Waals surface area contributed by atoms with Crippen LogP contribution in [-0.4, -0.2) is 36.7 Å². The Labute approximate surface area is 178 Å². The fourth-order valence-corrected chi connectivity index (χ4v) is 3.50. The topological polar surface area (TPSA) is 53.6 Å². The zero-order chi connectivity index (χ0) is 21.3. The van der Waals surface area contributed by atoms with E-state index < -0.39 is 0 Å². The number of ether oxygens (including phenoxy) is 1. The SMILES string of the molecule is CC(C)COc1ccc(CNC(=O)N(Cc2ccc(F)cc2)[C@@H]2CCCNC2)cc1. The molecule has 30 heavy (non-hydrogen) atoms. The van der Waals surface area contributed by atoms with Crippen LogP contribution in [0.25, 0.3) is 0 Å². The number of amides is 2. The first kappa shape index (κ1) is 22.1. The predicted octanol–water partition coefficient (Wildman–Crippen LogP) is 4.32. The molecule has 0 aromatic heterocycles. The fraction of sp³-hybridized carbons (Fsp3) is 0.458. The number of urea groups is 1. The second-order valence-corrected chi connectivity index (χ2v) is 8.26. The molecule has 0 saturated carbocycles. The van der Waals surface area contributed by atoms with Gasteiger partial charge in [-0.2, -0.15) is 0 Å². The Morgan fingerprint density at radius 3 is 2.50 bits per heavy atom. The van der Waals surface area contributed by atoms with E-state index in [1.165, 1.54) is 12.1 Å². The van der Waals surface area contributed by atoms with Crippen LogP contribution in [0, 0.1) is 11.7 Å². The Hall–Kier alpha value is -2.60. The van der Waals surface area contributed by atoms with E-state index in [0.717, 1.165) is 42.8 Å².